The number of ether oxygens (including phenoxy) is 6. The largest absolute Gasteiger partial charge is 0.394 e. The van der Waals surface area contributed by atoms with Crippen LogP contribution in [0.15, 0.2) is 0 Å². The van der Waals surface area contributed by atoms with Gasteiger partial charge in [-0.1, -0.05) is 0 Å². The smallest absolute Gasteiger partial charge is 0.253 e. The fourth-order valence-corrected chi connectivity index (χ4v) is 10.8. The monoisotopic (exact) mass is 1200 g/mol. The Morgan fingerprint density at radius 3 is 0.883 bits per heavy atom. The molecule has 3 heterocycles. The van der Waals surface area contributed by atoms with E-state index in [2.05, 4.69) is 16.0 Å². The number of carbonyl (C=O) groups excluding carboxylic acids is 3. The van der Waals surface area contributed by atoms with Crippen LogP contribution in [0.2, 0.25) is 0 Å². The molecule has 3 aliphatic rings. The van der Waals surface area contributed by atoms with Gasteiger partial charge in [-0.05, 0) is 67.8 Å². The van der Waals surface area contributed by atoms with Crippen LogP contribution in [-0.4, -0.2) is 230 Å². The third-order valence-electron chi connectivity index (χ3n) is 9.55. The van der Waals surface area contributed by atoms with E-state index < -0.39 is 130 Å². The van der Waals surface area contributed by atoms with E-state index in [4.69, 9.17) is 28.4 Å². The number of halogens is 3. The van der Waals surface area contributed by atoms with Crippen LogP contribution in [0.3, 0.4) is 0 Å². The first kappa shape index (κ1) is 51.7. The second-order valence-electron chi connectivity index (χ2n) is 13.5. The molecule has 0 aliphatic carbocycles. The predicted octanol–water partition coefficient (Wildman–Crippen LogP) is -6.86. The minimum absolute atomic E-state index is 0.101. The third-order valence-corrected chi connectivity index (χ3v) is 12.8. The van der Waals surface area contributed by atoms with E-state index in [0.29, 0.717) is 0 Å². The van der Waals surface area contributed by atoms with Crippen molar-refractivity contribution in [2.24, 2.45) is 0 Å². The molecule has 0 spiro atoms. The highest BCUT2D eigenvalue weighted by molar-refractivity contribution is 14.1. The molecule has 0 bridgehead atoms. The zero-order valence-electron chi connectivity index (χ0n) is 31.2. The second kappa shape index (κ2) is 23.9. The zero-order chi connectivity index (χ0) is 44.6. The number of nitrogens with one attached hydrogen (secondary N) is 3. The van der Waals surface area contributed by atoms with Gasteiger partial charge in [-0.2, -0.15) is 0 Å². The highest BCUT2D eigenvalue weighted by Gasteiger charge is 2.46. The van der Waals surface area contributed by atoms with E-state index in [1.807, 2.05) is 0 Å². The molecule has 24 nitrogen and oxygen atoms in total. The third kappa shape index (κ3) is 12.1. The summed E-state index contributed by atoms with van der Waals surface area (Å²) in [6.07, 6.45) is -23.1. The maximum absolute atomic E-state index is 13.7. The molecular weight excluding hydrogens is 1160 g/mol. The Kier molecular flexibility index (Phi) is 20.6. The summed E-state index contributed by atoms with van der Waals surface area (Å²) in [5.41, 5.74) is -0.348. The number of carbonyl (C=O) groups is 3. The van der Waals surface area contributed by atoms with Crippen molar-refractivity contribution in [3.63, 3.8) is 0 Å². The summed E-state index contributed by atoms with van der Waals surface area (Å²) in [5.74, 6) is -2.34. The molecule has 27 heteroatoms. The molecule has 3 amide bonds. The average molecular weight is 1200 g/mol. The van der Waals surface area contributed by atoms with Gasteiger partial charge in [-0.15, -0.1) is 0 Å². The van der Waals surface area contributed by atoms with Gasteiger partial charge in [0.1, 0.15) is 73.2 Å². The Morgan fingerprint density at radius 2 is 0.667 bits per heavy atom. The van der Waals surface area contributed by atoms with Gasteiger partial charge in [-0.3, -0.25) is 14.4 Å². The van der Waals surface area contributed by atoms with E-state index in [-0.39, 0.29) is 66.9 Å². The molecule has 4 rings (SSSR count). The number of aliphatic hydroxyl groups excluding tert-OH is 12. The van der Waals surface area contributed by atoms with Crippen LogP contribution in [0.4, 0.5) is 0 Å². The number of benzene rings is 1. The van der Waals surface area contributed by atoms with Crippen LogP contribution in [0, 0.1) is 10.7 Å². The van der Waals surface area contributed by atoms with Crippen molar-refractivity contribution in [1.82, 2.24) is 16.0 Å². The Balaban J connectivity index is 1.48. The Labute approximate surface area is 381 Å². The molecule has 9 unspecified atom stereocenters. The Morgan fingerprint density at radius 1 is 0.433 bits per heavy atom. The van der Waals surface area contributed by atoms with Crippen molar-refractivity contribution in [2.45, 2.75) is 92.1 Å². The SMILES string of the molecule is O=C(NCCO[C@@H]1OC(CO)[C@H](O)C(O)C1O)c1c(I)c(C(=O)NCCO[C@@H]2OC(CO)[C@H](O)C(O)C2O)c(I)c(C(=O)NCCO[C@@H]2OC(CO)[C@H](O)C(O)C2O)c1I. The lowest BCUT2D eigenvalue weighted by Gasteiger charge is -2.39. The van der Waals surface area contributed by atoms with Crippen molar-refractivity contribution < 1.29 is 104 Å². The minimum Gasteiger partial charge on any atom is -0.394 e. The van der Waals surface area contributed by atoms with E-state index in [1.54, 1.807) is 67.8 Å². The summed E-state index contributed by atoms with van der Waals surface area (Å²) in [7, 11) is 0. The van der Waals surface area contributed by atoms with Crippen LogP contribution < -0.4 is 16.0 Å². The molecular formula is C33H48I3N3O21. The summed E-state index contributed by atoms with van der Waals surface area (Å²) in [6.45, 7) is -3.70. The van der Waals surface area contributed by atoms with Gasteiger partial charge in [0.2, 0.25) is 0 Å². The maximum Gasteiger partial charge on any atom is 0.253 e. The molecule has 0 saturated carbocycles. The van der Waals surface area contributed by atoms with Crippen LogP contribution in [0.5, 0.6) is 0 Å². The highest BCUT2D eigenvalue weighted by Crippen LogP contribution is 2.33. The summed E-state index contributed by atoms with van der Waals surface area (Å²) in [4.78, 5) is 41.2. The van der Waals surface area contributed by atoms with Gasteiger partial charge in [-0.25, -0.2) is 0 Å². The number of amides is 3. The Hall–Kier alpha value is -0.900. The first-order chi connectivity index (χ1) is 28.4. The van der Waals surface area contributed by atoms with Crippen molar-refractivity contribution in [1.29, 1.82) is 0 Å². The average Bonchev–Trinajstić information content (AvgIpc) is 3.22. The van der Waals surface area contributed by atoms with Gasteiger partial charge in [0.25, 0.3) is 17.7 Å². The van der Waals surface area contributed by atoms with Gasteiger partial charge in [0.15, 0.2) is 18.9 Å². The molecule has 1 aromatic carbocycles. The fourth-order valence-electron chi connectivity index (χ4n) is 6.16. The molecule has 60 heavy (non-hydrogen) atoms. The van der Waals surface area contributed by atoms with Gasteiger partial charge in [0, 0.05) is 30.3 Å². The molecule has 3 saturated heterocycles. The number of aliphatic hydroxyl groups is 12. The summed E-state index contributed by atoms with van der Waals surface area (Å²) in [6, 6.07) is 0. The molecule has 3 aliphatic heterocycles. The fraction of sp³-hybridized carbons (Fsp3) is 0.727. The summed E-state index contributed by atoms with van der Waals surface area (Å²) >= 11 is 5.27. The number of rotatable bonds is 18. The van der Waals surface area contributed by atoms with E-state index in [1.165, 1.54) is 0 Å². The van der Waals surface area contributed by atoms with Crippen LogP contribution >= 0.6 is 67.8 Å². The second-order valence-corrected chi connectivity index (χ2v) is 16.8. The lowest BCUT2D eigenvalue weighted by atomic mass is 9.99. The summed E-state index contributed by atoms with van der Waals surface area (Å²) in [5, 5.41) is 127. The molecule has 3 fully saturated rings. The van der Waals surface area contributed by atoms with E-state index in [9.17, 15) is 75.7 Å². The van der Waals surface area contributed by atoms with Crippen LogP contribution in [0.25, 0.3) is 0 Å². The predicted molar refractivity (Wildman–Crippen MR) is 221 cm³/mol. The number of hydrogen-bond acceptors (Lipinski definition) is 21. The van der Waals surface area contributed by atoms with Crippen LogP contribution in [0.1, 0.15) is 31.1 Å². The van der Waals surface area contributed by atoms with Crippen LogP contribution in [-0.2, 0) is 28.4 Å². The van der Waals surface area contributed by atoms with Gasteiger partial charge in [0.05, 0.1) is 56.3 Å². The molecule has 15 N–H and O–H groups in total. The minimum atomic E-state index is -1.70. The van der Waals surface area contributed by atoms with Crippen molar-refractivity contribution in [2.75, 3.05) is 59.3 Å². The topological polar surface area (TPSA) is 385 Å². The van der Waals surface area contributed by atoms with Crippen molar-refractivity contribution >= 4 is 85.5 Å². The first-order valence-electron chi connectivity index (χ1n) is 18.2. The molecule has 1 aromatic rings. The van der Waals surface area contributed by atoms with Crippen molar-refractivity contribution in [3.05, 3.63) is 27.4 Å². The first-order valence-corrected chi connectivity index (χ1v) is 21.5. The lowest BCUT2D eigenvalue weighted by Crippen LogP contribution is -2.59. The Bertz CT molecular complexity index is 1410. The van der Waals surface area contributed by atoms with E-state index >= 15 is 0 Å². The summed E-state index contributed by atoms with van der Waals surface area (Å²) < 4.78 is 32.5. The van der Waals surface area contributed by atoms with E-state index in [0.717, 1.165) is 0 Å². The maximum atomic E-state index is 13.7. The van der Waals surface area contributed by atoms with Gasteiger partial charge >= 0.3 is 0 Å². The molecule has 15 atom stereocenters. The molecule has 342 valence electrons. The van der Waals surface area contributed by atoms with Crippen molar-refractivity contribution in [3.8, 4) is 0 Å². The molecule has 0 radical (unpaired) electrons. The normalized spacial score (nSPS) is 34.5. The highest BCUT2D eigenvalue weighted by atomic mass is 127. The molecule has 0 aromatic heterocycles. The van der Waals surface area contributed by atoms with Gasteiger partial charge < -0.3 is 106 Å². The lowest BCUT2D eigenvalue weighted by molar-refractivity contribution is -0.300. The standard InChI is InChI=1S/C33H48I3N3O21/c34-16-13(28(52)37-1-4-55-31-25(49)22(46)19(43)10(7-40)58-31)17(35)15(30(54)39-3-6-57-33-27(51)24(48)21(45)12(9-42)60-33)18(36)14(16)29(53)38-2-5-56-32-26(50)23(47)20(44)11(8-41)59-32/h10-12,19-27,31-33,40-51H,1-9H2,(H,37,52)(H,38,53)(H,39,54)/t10?,11?,12?,19-,20-,21-,22?,23?,24?,25?,26?,27?,31+,32+,33+/m0/s1. The number of hydrogen-bond donors (Lipinski definition) is 15. The quantitative estimate of drug-likeness (QED) is 0.0480. The zero-order valence-corrected chi connectivity index (χ0v) is 37.7.